The van der Waals surface area contributed by atoms with Crippen molar-refractivity contribution in [1.82, 2.24) is 5.32 Å². The molecule has 0 fully saturated rings. The maximum Gasteiger partial charge on any atom is 0.153 e. The van der Waals surface area contributed by atoms with Gasteiger partial charge in [0.05, 0.1) is 4.75 Å². The topological polar surface area (TPSA) is 46.2 Å². The fourth-order valence-corrected chi connectivity index (χ4v) is 1.55. The van der Waals surface area contributed by atoms with Gasteiger partial charge in [-0.25, -0.2) is 8.42 Å². The van der Waals surface area contributed by atoms with Crippen LogP contribution in [-0.2, 0) is 9.84 Å². The molecule has 96 valence electrons. The first-order valence-corrected chi connectivity index (χ1v) is 7.55. The lowest BCUT2D eigenvalue weighted by molar-refractivity contribution is 0.385. The van der Waals surface area contributed by atoms with Crippen molar-refractivity contribution in [2.45, 2.75) is 44.9 Å². The van der Waals surface area contributed by atoms with Crippen molar-refractivity contribution in [3.05, 3.63) is 12.7 Å². The van der Waals surface area contributed by atoms with Crippen LogP contribution in [0.15, 0.2) is 12.7 Å². The Balaban J connectivity index is 4.30. The lowest BCUT2D eigenvalue weighted by Gasteiger charge is -2.27. The SMILES string of the molecule is C=CCC(C)C(C)NCC(C)(C)S(C)(=O)=O. The molecule has 2 atom stereocenters. The average molecular weight is 247 g/mol. The van der Waals surface area contributed by atoms with Gasteiger partial charge < -0.3 is 5.32 Å². The van der Waals surface area contributed by atoms with E-state index in [4.69, 9.17) is 0 Å². The van der Waals surface area contributed by atoms with Crippen LogP contribution in [0.5, 0.6) is 0 Å². The van der Waals surface area contributed by atoms with Crippen LogP contribution in [0.25, 0.3) is 0 Å². The summed E-state index contributed by atoms with van der Waals surface area (Å²) in [5.74, 6) is 0.466. The molecule has 0 radical (unpaired) electrons. The van der Waals surface area contributed by atoms with Crippen molar-refractivity contribution >= 4 is 9.84 Å². The zero-order chi connectivity index (χ0) is 13.0. The van der Waals surface area contributed by atoms with Crippen LogP contribution in [-0.4, -0.2) is 32.0 Å². The fraction of sp³-hybridized carbons (Fsp3) is 0.833. The predicted molar refractivity (Wildman–Crippen MR) is 70.4 cm³/mol. The van der Waals surface area contributed by atoms with Gasteiger partial charge >= 0.3 is 0 Å². The largest absolute Gasteiger partial charge is 0.312 e. The molecule has 0 aliphatic heterocycles. The Morgan fingerprint density at radius 2 is 1.88 bits per heavy atom. The number of nitrogens with one attached hydrogen (secondary N) is 1. The standard InChI is InChI=1S/C12H25NO2S/c1-7-8-10(2)11(3)13-9-12(4,5)16(6,14)15/h7,10-11,13H,1,8-9H2,2-6H3. The van der Waals surface area contributed by atoms with Crippen LogP contribution in [0.2, 0.25) is 0 Å². The summed E-state index contributed by atoms with van der Waals surface area (Å²) in [5.41, 5.74) is 0. The maximum absolute atomic E-state index is 11.5. The second-order valence-corrected chi connectivity index (χ2v) is 7.85. The zero-order valence-corrected chi connectivity index (χ0v) is 11.9. The van der Waals surface area contributed by atoms with Crippen LogP contribution >= 0.6 is 0 Å². The summed E-state index contributed by atoms with van der Waals surface area (Å²) in [5, 5.41) is 3.29. The Kier molecular flexibility index (Phi) is 5.70. The van der Waals surface area contributed by atoms with Crippen molar-refractivity contribution in [1.29, 1.82) is 0 Å². The molecule has 0 bridgehead atoms. The Morgan fingerprint density at radius 3 is 2.25 bits per heavy atom. The highest BCUT2D eigenvalue weighted by Gasteiger charge is 2.30. The van der Waals surface area contributed by atoms with Gasteiger partial charge in [0.15, 0.2) is 9.84 Å². The number of sulfone groups is 1. The normalized spacial score (nSPS) is 16.8. The fourth-order valence-electron chi connectivity index (χ4n) is 1.21. The maximum atomic E-state index is 11.5. The highest BCUT2D eigenvalue weighted by atomic mass is 32.2. The van der Waals surface area contributed by atoms with E-state index < -0.39 is 14.6 Å². The highest BCUT2D eigenvalue weighted by molar-refractivity contribution is 7.92. The van der Waals surface area contributed by atoms with E-state index in [1.54, 1.807) is 13.8 Å². The van der Waals surface area contributed by atoms with E-state index in [-0.39, 0.29) is 0 Å². The van der Waals surface area contributed by atoms with Gasteiger partial charge in [-0.2, -0.15) is 0 Å². The molecular formula is C12H25NO2S. The van der Waals surface area contributed by atoms with E-state index >= 15 is 0 Å². The molecule has 16 heavy (non-hydrogen) atoms. The minimum Gasteiger partial charge on any atom is -0.312 e. The molecule has 0 rings (SSSR count). The van der Waals surface area contributed by atoms with Gasteiger partial charge in [0, 0.05) is 18.8 Å². The van der Waals surface area contributed by atoms with Gasteiger partial charge in [-0.05, 0) is 33.1 Å². The first-order chi connectivity index (χ1) is 7.12. The smallest absolute Gasteiger partial charge is 0.153 e. The van der Waals surface area contributed by atoms with E-state index in [0.29, 0.717) is 18.5 Å². The summed E-state index contributed by atoms with van der Waals surface area (Å²) >= 11 is 0. The van der Waals surface area contributed by atoms with Gasteiger partial charge in [-0.1, -0.05) is 13.0 Å². The first kappa shape index (κ1) is 15.7. The van der Waals surface area contributed by atoms with E-state index in [1.165, 1.54) is 6.26 Å². The van der Waals surface area contributed by atoms with Crippen LogP contribution in [0.3, 0.4) is 0 Å². The van der Waals surface area contributed by atoms with Gasteiger partial charge in [0.1, 0.15) is 0 Å². The third-order valence-electron chi connectivity index (χ3n) is 3.25. The molecule has 0 saturated carbocycles. The second-order valence-electron chi connectivity index (χ2n) is 5.20. The summed E-state index contributed by atoms with van der Waals surface area (Å²) in [7, 11) is -3.02. The lowest BCUT2D eigenvalue weighted by atomic mass is 9.99. The van der Waals surface area contributed by atoms with E-state index in [0.717, 1.165) is 6.42 Å². The quantitative estimate of drug-likeness (QED) is 0.700. The third-order valence-corrected chi connectivity index (χ3v) is 5.40. The molecule has 0 saturated heterocycles. The van der Waals surface area contributed by atoms with Crippen molar-refractivity contribution in [3.63, 3.8) is 0 Å². The van der Waals surface area contributed by atoms with Crippen LogP contribution in [0, 0.1) is 5.92 Å². The Bertz CT molecular complexity index is 320. The van der Waals surface area contributed by atoms with Crippen molar-refractivity contribution < 1.29 is 8.42 Å². The molecule has 0 spiro atoms. The molecule has 0 aliphatic rings. The number of allylic oxidation sites excluding steroid dienone is 1. The predicted octanol–water partition coefficient (Wildman–Crippen LogP) is 2.00. The first-order valence-electron chi connectivity index (χ1n) is 5.65. The van der Waals surface area contributed by atoms with Gasteiger partial charge in [-0.3, -0.25) is 0 Å². The van der Waals surface area contributed by atoms with Crippen molar-refractivity contribution in [2.24, 2.45) is 5.92 Å². The van der Waals surface area contributed by atoms with Gasteiger partial charge in [0.2, 0.25) is 0 Å². The molecular weight excluding hydrogens is 222 g/mol. The summed E-state index contributed by atoms with van der Waals surface area (Å²) in [6.45, 7) is 11.9. The summed E-state index contributed by atoms with van der Waals surface area (Å²) < 4.78 is 22.3. The second kappa shape index (κ2) is 5.82. The van der Waals surface area contributed by atoms with Crippen molar-refractivity contribution in [3.8, 4) is 0 Å². The minimum atomic E-state index is -3.02. The molecule has 0 aromatic carbocycles. The monoisotopic (exact) mass is 247 g/mol. The lowest BCUT2D eigenvalue weighted by Crippen LogP contribution is -2.46. The average Bonchev–Trinajstić information content (AvgIpc) is 2.12. The Labute approximate surface area is 100 Å². The molecule has 3 nitrogen and oxygen atoms in total. The molecule has 0 aromatic rings. The van der Waals surface area contributed by atoms with E-state index in [2.05, 4.69) is 25.7 Å². The summed E-state index contributed by atoms with van der Waals surface area (Å²) in [6, 6.07) is 0.291. The van der Waals surface area contributed by atoms with E-state index in [9.17, 15) is 8.42 Å². The molecule has 0 amide bonds. The Hall–Kier alpha value is -0.350. The number of hydrogen-bond acceptors (Lipinski definition) is 3. The van der Waals surface area contributed by atoms with Crippen LogP contribution < -0.4 is 5.32 Å². The molecule has 0 heterocycles. The molecule has 1 N–H and O–H groups in total. The summed E-state index contributed by atoms with van der Waals surface area (Å²) in [4.78, 5) is 0. The molecule has 0 aromatic heterocycles. The van der Waals surface area contributed by atoms with E-state index in [1.807, 2.05) is 6.08 Å². The van der Waals surface area contributed by atoms with Gasteiger partial charge in [0.25, 0.3) is 0 Å². The van der Waals surface area contributed by atoms with Gasteiger partial charge in [-0.15, -0.1) is 6.58 Å². The minimum absolute atomic E-state index is 0.291. The molecule has 0 aliphatic carbocycles. The zero-order valence-electron chi connectivity index (χ0n) is 11.1. The molecule has 4 heteroatoms. The van der Waals surface area contributed by atoms with Crippen LogP contribution in [0.1, 0.15) is 34.1 Å². The molecule has 2 unspecified atom stereocenters. The Morgan fingerprint density at radius 1 is 1.38 bits per heavy atom. The van der Waals surface area contributed by atoms with Crippen LogP contribution in [0.4, 0.5) is 0 Å². The number of hydrogen-bond donors (Lipinski definition) is 1. The highest BCUT2D eigenvalue weighted by Crippen LogP contribution is 2.15. The number of rotatable bonds is 7. The third kappa shape index (κ3) is 4.66. The van der Waals surface area contributed by atoms with Crippen molar-refractivity contribution in [2.75, 3.05) is 12.8 Å². The summed E-state index contributed by atoms with van der Waals surface area (Å²) in [6.07, 6.45) is 4.12.